The fourth-order valence-corrected chi connectivity index (χ4v) is 5.40. The van der Waals surface area contributed by atoms with Crippen LogP contribution in [-0.4, -0.2) is 30.9 Å². The lowest BCUT2D eigenvalue weighted by Crippen LogP contribution is -3.11. The van der Waals surface area contributed by atoms with Crippen LogP contribution in [0.1, 0.15) is 59.8 Å². The summed E-state index contributed by atoms with van der Waals surface area (Å²) in [5.74, 6) is -0.118. The molecule has 1 unspecified atom stereocenters. The van der Waals surface area contributed by atoms with Crippen LogP contribution in [0.15, 0.2) is 41.8 Å². The van der Waals surface area contributed by atoms with Crippen LogP contribution in [0.2, 0.25) is 0 Å². The van der Waals surface area contributed by atoms with Gasteiger partial charge in [0.2, 0.25) is 0 Å². The number of hydrogen-bond acceptors (Lipinski definition) is 3. The Bertz CT molecular complexity index is 815. The molecule has 1 aromatic heterocycles. The van der Waals surface area contributed by atoms with Crippen LogP contribution in [0.3, 0.4) is 0 Å². The average molecular weight is 399 g/mol. The minimum Gasteiger partial charge on any atom is -0.349 e. The van der Waals surface area contributed by atoms with E-state index in [1.54, 1.807) is 17.4 Å². The summed E-state index contributed by atoms with van der Waals surface area (Å²) in [6.07, 6.45) is 6.71. The van der Waals surface area contributed by atoms with E-state index in [-0.39, 0.29) is 17.9 Å². The highest BCUT2D eigenvalue weighted by Gasteiger charge is 2.32. The van der Waals surface area contributed by atoms with Gasteiger partial charge in [0.1, 0.15) is 6.04 Å². The van der Waals surface area contributed by atoms with Crippen LogP contribution in [0.4, 0.5) is 5.69 Å². The number of anilines is 1. The molecule has 2 aliphatic rings. The number of benzene rings is 1. The average Bonchev–Trinajstić information content (AvgIpc) is 3.44. The fourth-order valence-electron chi connectivity index (χ4n) is 4.48. The molecule has 0 radical (unpaired) electrons. The van der Waals surface area contributed by atoms with Crippen molar-refractivity contribution in [1.82, 2.24) is 5.32 Å². The summed E-state index contributed by atoms with van der Waals surface area (Å²) in [6.45, 7) is 1.45. The molecule has 2 fully saturated rings. The van der Waals surface area contributed by atoms with Crippen LogP contribution >= 0.6 is 11.3 Å². The summed E-state index contributed by atoms with van der Waals surface area (Å²) < 4.78 is 0. The lowest BCUT2D eigenvalue weighted by molar-refractivity contribution is -0.910. The topological polar surface area (TPSA) is 62.6 Å². The maximum absolute atomic E-state index is 12.7. The highest BCUT2D eigenvalue weighted by molar-refractivity contribution is 7.10. The Kier molecular flexibility index (Phi) is 6.07. The van der Waals surface area contributed by atoms with Crippen molar-refractivity contribution in [2.45, 2.75) is 50.6 Å². The van der Waals surface area contributed by atoms with Crippen LogP contribution < -0.4 is 15.5 Å². The van der Waals surface area contributed by atoms with Gasteiger partial charge in [-0.3, -0.25) is 9.59 Å². The molecule has 4 rings (SSSR count). The number of carbonyl (C=O) groups is 2. The second kappa shape index (κ2) is 8.88. The third-order valence-corrected chi connectivity index (χ3v) is 6.88. The minimum absolute atomic E-state index is 0.0282. The van der Waals surface area contributed by atoms with Crippen LogP contribution in [-0.2, 0) is 4.79 Å². The molecule has 1 aliphatic heterocycles. The largest absolute Gasteiger partial charge is 0.349 e. The maximum atomic E-state index is 12.7. The molecular formula is C22H28N3O2S+. The molecule has 1 saturated heterocycles. The summed E-state index contributed by atoms with van der Waals surface area (Å²) in [4.78, 5) is 28.1. The Morgan fingerprint density at radius 2 is 1.86 bits per heavy atom. The predicted molar refractivity (Wildman–Crippen MR) is 112 cm³/mol. The lowest BCUT2D eigenvalue weighted by Gasteiger charge is -2.20. The quantitative estimate of drug-likeness (QED) is 0.701. The number of para-hydroxylation sites is 1. The van der Waals surface area contributed by atoms with Crippen LogP contribution in [0, 0.1) is 0 Å². The number of nitrogens with one attached hydrogen (secondary N) is 3. The fraction of sp³-hybridized carbons (Fsp3) is 0.455. The third-order valence-electron chi connectivity index (χ3n) is 5.89. The number of rotatable bonds is 6. The van der Waals surface area contributed by atoms with Crippen LogP contribution in [0.25, 0.3) is 0 Å². The SMILES string of the molecule is O=C(C[NH+]1CCC[C@H]1c1cccs1)Nc1ccccc1C(=O)NC1CCCC1. The minimum atomic E-state index is -0.0900. The molecule has 0 spiro atoms. The molecule has 3 N–H and O–H groups in total. The standard InChI is InChI=1S/C22H27N3O2S/c26-21(15-25-13-5-11-19(25)20-12-6-14-28-20)24-18-10-4-3-9-17(18)22(27)23-16-7-1-2-8-16/h3-4,6,9-10,12,14,16,19H,1-2,5,7-8,11,13,15H2,(H,23,27)(H,24,26)/p+1/t19-/m0/s1. The molecule has 148 valence electrons. The molecule has 1 aromatic carbocycles. The Labute approximate surface area is 170 Å². The smallest absolute Gasteiger partial charge is 0.279 e. The van der Waals surface area contributed by atoms with Crippen molar-refractivity contribution in [3.63, 3.8) is 0 Å². The Hall–Kier alpha value is -2.18. The predicted octanol–water partition coefficient (Wildman–Crippen LogP) is 2.78. The summed E-state index contributed by atoms with van der Waals surface area (Å²) >= 11 is 1.77. The van der Waals surface area contributed by atoms with Gasteiger partial charge < -0.3 is 15.5 Å². The molecule has 6 heteroatoms. The van der Waals surface area contributed by atoms with Crippen molar-refractivity contribution >= 4 is 28.8 Å². The zero-order valence-corrected chi connectivity index (χ0v) is 16.9. The van der Waals surface area contributed by atoms with Crippen molar-refractivity contribution in [2.24, 2.45) is 0 Å². The molecule has 2 atom stereocenters. The van der Waals surface area contributed by atoms with E-state index >= 15 is 0 Å². The van der Waals surface area contributed by atoms with Gasteiger partial charge in [0, 0.05) is 18.9 Å². The van der Waals surface area contributed by atoms with Gasteiger partial charge in [0.05, 0.1) is 22.7 Å². The number of hydrogen-bond donors (Lipinski definition) is 3. The Morgan fingerprint density at radius 1 is 1.04 bits per heavy atom. The molecule has 2 aromatic rings. The van der Waals surface area contributed by atoms with Gasteiger partial charge in [0.15, 0.2) is 6.54 Å². The normalized spacial score (nSPS) is 22.3. The summed E-state index contributed by atoms with van der Waals surface area (Å²) in [7, 11) is 0. The number of carbonyl (C=O) groups excluding carboxylic acids is 2. The monoisotopic (exact) mass is 398 g/mol. The van der Waals surface area contributed by atoms with E-state index in [0.717, 1.165) is 32.2 Å². The van der Waals surface area contributed by atoms with E-state index in [2.05, 4.69) is 28.1 Å². The highest BCUT2D eigenvalue weighted by atomic mass is 32.1. The van der Waals surface area contributed by atoms with Crippen LogP contribution in [0.5, 0.6) is 0 Å². The Morgan fingerprint density at radius 3 is 2.64 bits per heavy atom. The van der Waals surface area contributed by atoms with Gasteiger partial charge in [-0.1, -0.05) is 31.0 Å². The van der Waals surface area contributed by atoms with Gasteiger partial charge in [0.25, 0.3) is 11.8 Å². The molecule has 0 bridgehead atoms. The molecule has 1 saturated carbocycles. The summed E-state index contributed by atoms with van der Waals surface area (Å²) in [5.41, 5.74) is 1.16. The van der Waals surface area contributed by atoms with Gasteiger partial charge in [-0.25, -0.2) is 0 Å². The molecule has 28 heavy (non-hydrogen) atoms. The van der Waals surface area contributed by atoms with E-state index in [4.69, 9.17) is 0 Å². The van der Waals surface area contributed by atoms with Crippen molar-refractivity contribution in [1.29, 1.82) is 0 Å². The number of thiophene rings is 1. The van der Waals surface area contributed by atoms with Crippen molar-refractivity contribution in [3.05, 3.63) is 52.2 Å². The second-order valence-corrected chi connectivity index (χ2v) is 8.82. The first kappa shape index (κ1) is 19.2. The summed E-state index contributed by atoms with van der Waals surface area (Å²) in [5, 5.41) is 8.21. The van der Waals surface area contributed by atoms with Crippen molar-refractivity contribution < 1.29 is 14.5 Å². The third kappa shape index (κ3) is 4.45. The lowest BCUT2D eigenvalue weighted by atomic mass is 10.1. The molecule has 2 amide bonds. The second-order valence-electron chi connectivity index (χ2n) is 7.84. The molecule has 1 aliphatic carbocycles. The van der Waals surface area contributed by atoms with Crippen molar-refractivity contribution in [3.8, 4) is 0 Å². The first-order valence-corrected chi connectivity index (χ1v) is 11.2. The molecular weight excluding hydrogens is 370 g/mol. The number of likely N-dealkylation sites (tertiary alicyclic amines) is 1. The zero-order chi connectivity index (χ0) is 19.3. The number of quaternary nitrogens is 1. The van der Waals surface area contributed by atoms with E-state index < -0.39 is 0 Å². The van der Waals surface area contributed by atoms with Crippen molar-refractivity contribution in [2.75, 3.05) is 18.4 Å². The highest BCUT2D eigenvalue weighted by Crippen LogP contribution is 2.23. The molecule has 2 heterocycles. The van der Waals surface area contributed by atoms with E-state index in [0.29, 0.717) is 23.8 Å². The zero-order valence-electron chi connectivity index (χ0n) is 16.1. The van der Waals surface area contributed by atoms with Gasteiger partial charge in [-0.2, -0.15) is 0 Å². The van der Waals surface area contributed by atoms with Gasteiger partial charge in [-0.05, 0) is 36.4 Å². The molecule has 5 nitrogen and oxygen atoms in total. The first-order chi connectivity index (χ1) is 13.7. The summed E-state index contributed by atoms with van der Waals surface area (Å²) in [6, 6.07) is 12.2. The Balaban J connectivity index is 1.39. The first-order valence-electron chi connectivity index (χ1n) is 10.3. The van der Waals surface area contributed by atoms with Gasteiger partial charge in [-0.15, -0.1) is 11.3 Å². The van der Waals surface area contributed by atoms with E-state index in [9.17, 15) is 9.59 Å². The number of amides is 2. The van der Waals surface area contributed by atoms with E-state index in [1.807, 2.05) is 18.2 Å². The maximum Gasteiger partial charge on any atom is 0.279 e. The van der Waals surface area contributed by atoms with E-state index in [1.165, 1.54) is 22.6 Å². The van der Waals surface area contributed by atoms with Gasteiger partial charge >= 0.3 is 0 Å².